The number of anilines is 2. The van der Waals surface area contributed by atoms with Gasteiger partial charge in [-0.3, -0.25) is 9.59 Å². The van der Waals surface area contributed by atoms with Crippen LogP contribution in [0.15, 0.2) is 96.6 Å². The van der Waals surface area contributed by atoms with Gasteiger partial charge in [-0.2, -0.15) is 0 Å². The topological polar surface area (TPSA) is 58.2 Å². The highest BCUT2D eigenvalue weighted by atomic mass is 16.2. The largest absolute Gasteiger partial charge is 0.323 e. The first kappa shape index (κ1) is 20.8. The zero-order valence-corrected chi connectivity index (χ0v) is 17.1. The summed E-state index contributed by atoms with van der Waals surface area (Å²) in [4.78, 5) is 24.4. The van der Waals surface area contributed by atoms with Gasteiger partial charge in [-0.15, -0.1) is 0 Å². The second-order valence-corrected chi connectivity index (χ2v) is 7.02. The van der Waals surface area contributed by atoms with Crippen molar-refractivity contribution in [2.45, 2.75) is 13.8 Å². The standard InChI is InChI=1S/C26H24N2O2/c1-19-8-11-21(12-9-19)18-20(2)10-17-25(29)27-24-15-13-22(14-16-24)26(30)28-23-6-4-3-5-7-23/h3-18H,1-2H3,(H,27,29)(H,28,30)/b17-10+,20-18+. The summed E-state index contributed by atoms with van der Waals surface area (Å²) in [6.45, 7) is 4.00. The lowest BCUT2D eigenvalue weighted by atomic mass is 10.1. The van der Waals surface area contributed by atoms with Crippen molar-refractivity contribution in [3.63, 3.8) is 0 Å². The molecule has 3 aromatic rings. The Balaban J connectivity index is 1.55. The molecule has 3 rings (SSSR count). The Bertz CT molecular complexity index is 1060. The molecule has 0 aromatic heterocycles. The number of allylic oxidation sites excluding steroid dienone is 2. The van der Waals surface area contributed by atoms with Gasteiger partial charge in [-0.05, 0) is 55.8 Å². The molecular weight excluding hydrogens is 372 g/mol. The Hall–Kier alpha value is -3.92. The lowest BCUT2D eigenvalue weighted by molar-refractivity contribution is -0.111. The van der Waals surface area contributed by atoms with E-state index in [1.54, 1.807) is 30.3 Å². The number of hydrogen-bond donors (Lipinski definition) is 2. The molecule has 0 saturated carbocycles. The second-order valence-electron chi connectivity index (χ2n) is 7.02. The monoisotopic (exact) mass is 396 g/mol. The summed E-state index contributed by atoms with van der Waals surface area (Å²) in [6, 6.07) is 24.2. The van der Waals surface area contributed by atoms with E-state index in [4.69, 9.17) is 0 Å². The van der Waals surface area contributed by atoms with Gasteiger partial charge >= 0.3 is 0 Å². The molecule has 0 unspecified atom stereocenters. The van der Waals surface area contributed by atoms with E-state index in [1.807, 2.05) is 62.4 Å². The van der Waals surface area contributed by atoms with Crippen molar-refractivity contribution in [2.75, 3.05) is 10.6 Å². The summed E-state index contributed by atoms with van der Waals surface area (Å²) in [5, 5.41) is 5.63. The Morgan fingerprint density at radius 1 is 0.733 bits per heavy atom. The predicted octanol–water partition coefficient (Wildman–Crippen LogP) is 5.85. The summed E-state index contributed by atoms with van der Waals surface area (Å²) in [7, 11) is 0. The van der Waals surface area contributed by atoms with Crippen LogP contribution in [-0.2, 0) is 4.79 Å². The molecule has 30 heavy (non-hydrogen) atoms. The van der Waals surface area contributed by atoms with Gasteiger partial charge in [-0.1, -0.05) is 65.8 Å². The number of para-hydroxylation sites is 1. The highest BCUT2D eigenvalue weighted by Crippen LogP contribution is 2.13. The van der Waals surface area contributed by atoms with Crippen molar-refractivity contribution in [1.29, 1.82) is 0 Å². The molecule has 0 aliphatic carbocycles. The van der Waals surface area contributed by atoms with Gasteiger partial charge in [0.05, 0.1) is 0 Å². The number of carbonyl (C=O) groups is 2. The van der Waals surface area contributed by atoms with E-state index in [2.05, 4.69) is 22.8 Å². The first-order valence-corrected chi connectivity index (χ1v) is 9.70. The molecule has 150 valence electrons. The zero-order chi connectivity index (χ0) is 21.3. The summed E-state index contributed by atoms with van der Waals surface area (Å²) < 4.78 is 0. The van der Waals surface area contributed by atoms with Gasteiger partial charge in [0.1, 0.15) is 0 Å². The minimum absolute atomic E-state index is 0.198. The Morgan fingerprint density at radius 3 is 2.03 bits per heavy atom. The van der Waals surface area contributed by atoms with Crippen molar-refractivity contribution in [3.8, 4) is 0 Å². The Kier molecular flexibility index (Phi) is 6.95. The Morgan fingerprint density at radius 2 is 1.37 bits per heavy atom. The van der Waals surface area contributed by atoms with Crippen LogP contribution in [0, 0.1) is 6.92 Å². The van der Waals surface area contributed by atoms with E-state index in [9.17, 15) is 9.59 Å². The molecular formula is C26H24N2O2. The van der Waals surface area contributed by atoms with Crippen LogP contribution in [0.5, 0.6) is 0 Å². The number of aryl methyl sites for hydroxylation is 1. The number of rotatable bonds is 6. The van der Waals surface area contributed by atoms with Gasteiger partial charge in [0, 0.05) is 23.0 Å². The maximum absolute atomic E-state index is 12.3. The molecule has 2 amide bonds. The van der Waals surface area contributed by atoms with E-state index in [1.165, 1.54) is 11.6 Å². The number of amides is 2. The summed E-state index contributed by atoms with van der Waals surface area (Å²) in [6.07, 6.45) is 5.29. The maximum Gasteiger partial charge on any atom is 0.255 e. The van der Waals surface area contributed by atoms with Gasteiger partial charge in [0.25, 0.3) is 5.91 Å². The van der Waals surface area contributed by atoms with Crippen molar-refractivity contribution >= 4 is 29.3 Å². The molecule has 0 spiro atoms. The molecule has 0 aliphatic heterocycles. The molecule has 2 N–H and O–H groups in total. The smallest absolute Gasteiger partial charge is 0.255 e. The van der Waals surface area contributed by atoms with E-state index in [0.29, 0.717) is 11.3 Å². The Labute approximate surface area is 177 Å². The number of hydrogen-bond acceptors (Lipinski definition) is 2. The number of carbonyl (C=O) groups excluding carboxylic acids is 2. The van der Waals surface area contributed by atoms with Crippen LogP contribution >= 0.6 is 0 Å². The predicted molar refractivity (Wildman–Crippen MR) is 123 cm³/mol. The van der Waals surface area contributed by atoms with Crippen molar-refractivity contribution < 1.29 is 9.59 Å². The highest BCUT2D eigenvalue weighted by molar-refractivity contribution is 6.05. The average Bonchev–Trinajstić information content (AvgIpc) is 2.75. The van der Waals surface area contributed by atoms with Crippen LogP contribution in [-0.4, -0.2) is 11.8 Å². The molecule has 4 nitrogen and oxygen atoms in total. The van der Waals surface area contributed by atoms with E-state index >= 15 is 0 Å². The minimum Gasteiger partial charge on any atom is -0.323 e. The summed E-state index contributed by atoms with van der Waals surface area (Å²) >= 11 is 0. The van der Waals surface area contributed by atoms with E-state index in [0.717, 1.165) is 16.8 Å². The average molecular weight is 396 g/mol. The van der Waals surface area contributed by atoms with Crippen LogP contribution in [0.4, 0.5) is 11.4 Å². The van der Waals surface area contributed by atoms with Gasteiger partial charge in [0.15, 0.2) is 0 Å². The third-order valence-corrected chi connectivity index (χ3v) is 4.42. The molecule has 0 heterocycles. The molecule has 3 aromatic carbocycles. The molecule has 0 radical (unpaired) electrons. The zero-order valence-electron chi connectivity index (χ0n) is 17.1. The third-order valence-electron chi connectivity index (χ3n) is 4.42. The van der Waals surface area contributed by atoms with E-state index in [-0.39, 0.29) is 11.8 Å². The molecule has 0 aliphatic rings. The van der Waals surface area contributed by atoms with Crippen LogP contribution in [0.1, 0.15) is 28.4 Å². The number of nitrogens with one attached hydrogen (secondary N) is 2. The van der Waals surface area contributed by atoms with Crippen LogP contribution < -0.4 is 10.6 Å². The quantitative estimate of drug-likeness (QED) is 0.406. The SMILES string of the molecule is CC(/C=C/C(=O)Nc1ccc(C(=O)Nc2ccccc2)cc1)=C\c1ccc(C)cc1. The lowest BCUT2D eigenvalue weighted by Crippen LogP contribution is -2.12. The van der Waals surface area contributed by atoms with Crippen molar-refractivity contribution in [2.24, 2.45) is 0 Å². The highest BCUT2D eigenvalue weighted by Gasteiger charge is 2.06. The van der Waals surface area contributed by atoms with Crippen LogP contribution in [0.3, 0.4) is 0 Å². The minimum atomic E-state index is -0.229. The summed E-state index contributed by atoms with van der Waals surface area (Å²) in [5.41, 5.74) is 5.15. The van der Waals surface area contributed by atoms with Gasteiger partial charge in [0.2, 0.25) is 5.91 Å². The van der Waals surface area contributed by atoms with Crippen molar-refractivity contribution in [1.82, 2.24) is 0 Å². The van der Waals surface area contributed by atoms with Crippen molar-refractivity contribution in [3.05, 3.63) is 113 Å². The first-order valence-electron chi connectivity index (χ1n) is 9.70. The van der Waals surface area contributed by atoms with Gasteiger partial charge < -0.3 is 10.6 Å². The molecule has 0 saturated heterocycles. The number of benzene rings is 3. The molecule has 0 atom stereocenters. The third kappa shape index (κ3) is 6.31. The first-order chi connectivity index (χ1) is 14.5. The molecule has 0 fully saturated rings. The summed E-state index contributed by atoms with van der Waals surface area (Å²) in [5.74, 6) is -0.427. The van der Waals surface area contributed by atoms with E-state index < -0.39 is 0 Å². The maximum atomic E-state index is 12.3. The van der Waals surface area contributed by atoms with Crippen LogP contribution in [0.25, 0.3) is 6.08 Å². The molecule has 4 heteroatoms. The fraction of sp³-hybridized carbons (Fsp3) is 0.0769. The van der Waals surface area contributed by atoms with Crippen LogP contribution in [0.2, 0.25) is 0 Å². The normalized spacial score (nSPS) is 11.3. The lowest BCUT2D eigenvalue weighted by Gasteiger charge is -2.06. The fourth-order valence-corrected chi connectivity index (χ4v) is 2.79. The van der Waals surface area contributed by atoms with Gasteiger partial charge in [-0.25, -0.2) is 0 Å². The second kappa shape index (κ2) is 10.0. The molecule has 0 bridgehead atoms. The fourth-order valence-electron chi connectivity index (χ4n) is 2.79.